The van der Waals surface area contributed by atoms with Gasteiger partial charge in [0.25, 0.3) is 0 Å². The summed E-state index contributed by atoms with van der Waals surface area (Å²) in [6.07, 6.45) is 2.76. The first-order chi connectivity index (χ1) is 12.3. The zero-order valence-corrected chi connectivity index (χ0v) is 15.2. The van der Waals surface area contributed by atoms with Crippen LogP contribution in [-0.4, -0.2) is 21.8 Å². The zero-order chi connectivity index (χ0) is 19.7. The smallest absolute Gasteiger partial charge is 0.221 e. The summed E-state index contributed by atoms with van der Waals surface area (Å²) < 4.78 is 0. The van der Waals surface area contributed by atoms with Gasteiger partial charge in [-0.15, -0.1) is 0 Å². The Kier molecular flexibility index (Phi) is 7.97. The lowest BCUT2D eigenvalue weighted by atomic mass is 10.3. The number of carbonyl (C=O) groups excluding carboxylic acids is 2. The van der Waals surface area contributed by atoms with E-state index in [0.29, 0.717) is 11.4 Å². The van der Waals surface area contributed by atoms with E-state index in [0.717, 1.165) is 0 Å². The predicted octanol–water partition coefficient (Wildman–Crippen LogP) is 3.13. The van der Waals surface area contributed by atoms with Gasteiger partial charge in [-0.25, -0.2) is 9.97 Å². The van der Waals surface area contributed by atoms with Gasteiger partial charge in [-0.05, 0) is 12.1 Å². The van der Waals surface area contributed by atoms with E-state index in [9.17, 15) is 9.59 Å². The molecule has 0 radical (unpaired) electrons. The molecule has 0 spiro atoms. The van der Waals surface area contributed by atoms with Crippen LogP contribution in [0.4, 0.5) is 11.4 Å². The minimum atomic E-state index is -0.206. The van der Waals surface area contributed by atoms with Crippen molar-refractivity contribution in [3.8, 4) is 12.1 Å². The third-order valence-electron chi connectivity index (χ3n) is 2.53. The van der Waals surface area contributed by atoms with Crippen molar-refractivity contribution in [2.24, 2.45) is 0 Å². The van der Waals surface area contributed by atoms with E-state index < -0.39 is 0 Å². The van der Waals surface area contributed by atoms with E-state index in [1.807, 2.05) is 12.1 Å². The molecule has 0 aliphatic heterocycles. The number of halogens is 2. The number of rotatable bonds is 2. The molecule has 0 aromatic carbocycles. The quantitative estimate of drug-likeness (QED) is 0.809. The van der Waals surface area contributed by atoms with E-state index >= 15 is 0 Å². The molecule has 0 unspecified atom stereocenters. The number of pyridine rings is 2. The molecule has 2 aromatic heterocycles. The molecule has 0 aliphatic carbocycles. The van der Waals surface area contributed by atoms with Crippen molar-refractivity contribution in [1.82, 2.24) is 9.97 Å². The Balaban J connectivity index is 0.000000260. The average molecular weight is 391 g/mol. The molecule has 0 saturated carbocycles. The van der Waals surface area contributed by atoms with Crippen molar-refractivity contribution in [3.05, 3.63) is 46.0 Å². The van der Waals surface area contributed by atoms with Gasteiger partial charge in [-0.3, -0.25) is 9.59 Å². The van der Waals surface area contributed by atoms with Crippen molar-refractivity contribution in [2.45, 2.75) is 13.8 Å². The molecule has 0 bridgehead atoms. The normalized spacial score (nSPS) is 9.00. The van der Waals surface area contributed by atoms with Crippen LogP contribution in [0.15, 0.2) is 24.5 Å². The summed E-state index contributed by atoms with van der Waals surface area (Å²) in [7, 11) is 0. The van der Waals surface area contributed by atoms with Crippen LogP contribution in [0, 0.1) is 22.7 Å². The molecule has 0 saturated heterocycles. The fourth-order valence-corrected chi connectivity index (χ4v) is 2.00. The van der Waals surface area contributed by atoms with E-state index in [1.165, 1.54) is 38.4 Å². The van der Waals surface area contributed by atoms with Crippen LogP contribution in [-0.2, 0) is 9.59 Å². The Hall–Kier alpha value is -3.20. The molecule has 26 heavy (non-hydrogen) atoms. The predicted molar refractivity (Wildman–Crippen MR) is 96.5 cm³/mol. The Morgan fingerprint density at radius 1 is 0.885 bits per heavy atom. The first kappa shape index (κ1) is 20.8. The van der Waals surface area contributed by atoms with Crippen LogP contribution in [0.5, 0.6) is 0 Å². The molecular formula is C16H12Cl2N6O2. The minimum Gasteiger partial charge on any atom is -0.325 e. The van der Waals surface area contributed by atoms with E-state index in [-0.39, 0.29) is 33.2 Å². The molecule has 0 aliphatic rings. The highest BCUT2D eigenvalue weighted by atomic mass is 35.5. The van der Waals surface area contributed by atoms with Crippen LogP contribution in [0.3, 0.4) is 0 Å². The lowest BCUT2D eigenvalue weighted by Crippen LogP contribution is -2.06. The van der Waals surface area contributed by atoms with Gasteiger partial charge in [0, 0.05) is 13.8 Å². The number of nitrogens with one attached hydrogen (secondary N) is 2. The van der Waals surface area contributed by atoms with Gasteiger partial charge in [0.05, 0.1) is 33.8 Å². The summed E-state index contributed by atoms with van der Waals surface area (Å²) in [5.41, 5.74) is 1.26. The summed E-state index contributed by atoms with van der Waals surface area (Å²) in [6.45, 7) is 2.76. The highest BCUT2D eigenvalue weighted by molar-refractivity contribution is 6.32. The van der Waals surface area contributed by atoms with Gasteiger partial charge in [-0.2, -0.15) is 10.5 Å². The van der Waals surface area contributed by atoms with Crippen molar-refractivity contribution in [2.75, 3.05) is 10.6 Å². The lowest BCUT2D eigenvalue weighted by Gasteiger charge is -2.01. The SMILES string of the molecule is CC(=O)Nc1cnc(C#N)c(Cl)c1.CC(=O)Nc1cnc(C#N)c(Cl)c1. The van der Waals surface area contributed by atoms with E-state index in [1.54, 1.807) is 0 Å². The molecule has 132 valence electrons. The first-order valence-corrected chi connectivity index (χ1v) is 7.69. The number of nitrogens with zero attached hydrogens (tertiary/aromatic N) is 4. The molecule has 8 nitrogen and oxygen atoms in total. The number of carbonyl (C=O) groups is 2. The standard InChI is InChI=1S/2C8H6ClN3O/c2*1-5(13)12-6-2-7(9)8(3-10)11-4-6/h2*2,4H,1H3,(H,12,13). The van der Waals surface area contributed by atoms with Crippen molar-refractivity contribution < 1.29 is 9.59 Å². The van der Waals surface area contributed by atoms with Gasteiger partial charge >= 0.3 is 0 Å². The molecular weight excluding hydrogens is 379 g/mol. The van der Waals surface area contributed by atoms with Crippen LogP contribution < -0.4 is 10.6 Å². The number of anilines is 2. The number of hydrogen-bond donors (Lipinski definition) is 2. The molecule has 2 heterocycles. The minimum absolute atomic E-state index is 0.149. The maximum atomic E-state index is 10.6. The van der Waals surface area contributed by atoms with Gasteiger partial charge in [0.15, 0.2) is 11.4 Å². The third kappa shape index (κ3) is 6.73. The molecule has 2 N–H and O–H groups in total. The van der Waals surface area contributed by atoms with Crippen molar-refractivity contribution in [1.29, 1.82) is 10.5 Å². The van der Waals surface area contributed by atoms with Crippen LogP contribution >= 0.6 is 23.2 Å². The summed E-state index contributed by atoms with van der Waals surface area (Å²) >= 11 is 11.4. The zero-order valence-electron chi connectivity index (χ0n) is 13.7. The fraction of sp³-hybridized carbons (Fsp3) is 0.125. The van der Waals surface area contributed by atoms with Gasteiger partial charge < -0.3 is 10.6 Å². The van der Waals surface area contributed by atoms with Crippen molar-refractivity contribution >= 4 is 46.4 Å². The number of hydrogen-bond acceptors (Lipinski definition) is 6. The van der Waals surface area contributed by atoms with Gasteiger partial charge in [0.2, 0.25) is 11.8 Å². The lowest BCUT2D eigenvalue weighted by molar-refractivity contribution is -0.115. The third-order valence-corrected chi connectivity index (χ3v) is 3.11. The molecule has 2 rings (SSSR count). The molecule has 2 amide bonds. The summed E-state index contributed by atoms with van der Waals surface area (Å²) in [5.74, 6) is -0.412. The van der Waals surface area contributed by atoms with Gasteiger partial charge in [0.1, 0.15) is 12.1 Å². The topological polar surface area (TPSA) is 132 Å². The van der Waals surface area contributed by atoms with Crippen LogP contribution in [0.1, 0.15) is 25.2 Å². The second-order valence-corrected chi connectivity index (χ2v) is 5.51. The average Bonchev–Trinajstić information content (AvgIpc) is 2.55. The van der Waals surface area contributed by atoms with E-state index in [4.69, 9.17) is 33.7 Å². The summed E-state index contributed by atoms with van der Waals surface area (Å²) in [6, 6.07) is 6.60. The molecule has 2 aromatic rings. The number of nitriles is 2. The largest absolute Gasteiger partial charge is 0.325 e. The number of aromatic nitrogens is 2. The second kappa shape index (κ2) is 9.94. The monoisotopic (exact) mass is 390 g/mol. The van der Waals surface area contributed by atoms with Gasteiger partial charge in [-0.1, -0.05) is 23.2 Å². The summed E-state index contributed by atoms with van der Waals surface area (Å²) in [4.78, 5) is 28.7. The molecule has 0 fully saturated rings. The Morgan fingerprint density at radius 2 is 1.23 bits per heavy atom. The number of amides is 2. The summed E-state index contributed by atoms with van der Waals surface area (Å²) in [5, 5.41) is 22.5. The van der Waals surface area contributed by atoms with Crippen LogP contribution in [0.25, 0.3) is 0 Å². The van der Waals surface area contributed by atoms with E-state index in [2.05, 4.69) is 20.6 Å². The highest BCUT2D eigenvalue weighted by Crippen LogP contribution is 2.18. The Labute approximate surface area is 159 Å². The fourth-order valence-electron chi connectivity index (χ4n) is 1.58. The maximum absolute atomic E-state index is 10.6. The van der Waals surface area contributed by atoms with Crippen LogP contribution in [0.2, 0.25) is 10.0 Å². The Morgan fingerprint density at radius 3 is 1.46 bits per heavy atom. The van der Waals surface area contributed by atoms with Crippen molar-refractivity contribution in [3.63, 3.8) is 0 Å². The highest BCUT2D eigenvalue weighted by Gasteiger charge is 2.03. The first-order valence-electron chi connectivity index (χ1n) is 6.93. The molecule has 0 atom stereocenters. The molecule has 10 heteroatoms. The second-order valence-electron chi connectivity index (χ2n) is 4.69. The maximum Gasteiger partial charge on any atom is 0.221 e. The Bertz CT molecular complexity index is 842.